The summed E-state index contributed by atoms with van der Waals surface area (Å²) < 4.78 is 18.2. The largest absolute Gasteiger partial charge is 0.494 e. The van der Waals surface area contributed by atoms with Crippen LogP contribution in [-0.2, 0) is 4.79 Å². The van der Waals surface area contributed by atoms with Crippen LogP contribution in [0.25, 0.3) is 10.2 Å². The van der Waals surface area contributed by atoms with Gasteiger partial charge >= 0.3 is 0 Å². The number of methoxy groups -OCH3 is 1. The van der Waals surface area contributed by atoms with Crippen molar-refractivity contribution >= 4 is 32.6 Å². The van der Waals surface area contributed by atoms with Crippen molar-refractivity contribution in [2.75, 3.05) is 45.8 Å². The molecule has 8 heteroatoms. The van der Waals surface area contributed by atoms with Gasteiger partial charge in [0.05, 0.1) is 11.8 Å². The van der Waals surface area contributed by atoms with E-state index in [1.54, 1.807) is 12.0 Å². The molecule has 1 amide bonds. The van der Waals surface area contributed by atoms with E-state index in [2.05, 4.69) is 0 Å². The number of benzene rings is 2. The van der Waals surface area contributed by atoms with Crippen LogP contribution in [-0.4, -0.2) is 62.8 Å². The number of amides is 1. The normalized spacial score (nSPS) is 15.4. The first-order valence-corrected chi connectivity index (χ1v) is 10.6. The van der Waals surface area contributed by atoms with Gasteiger partial charge in [-0.2, -0.15) is 0 Å². The zero-order valence-electron chi connectivity index (χ0n) is 17.5. The van der Waals surface area contributed by atoms with Gasteiger partial charge in [-0.1, -0.05) is 29.5 Å². The Labute approximate surface area is 179 Å². The van der Waals surface area contributed by atoms with Crippen molar-refractivity contribution < 1.29 is 19.0 Å². The number of aryl methyl sites for hydroxylation is 1. The standard InChI is InChI=1S/C22H25N3O4S/c1-14-9-10-17(27-4)19-20(14)30-22(23-19)25(12-11-24(2)3)21(26)18-13-28-15-7-5-6-8-16(15)29-18/h5-10,18H,11-13H2,1-4H3/t18-/m0/s1. The van der Waals surface area contributed by atoms with Gasteiger partial charge < -0.3 is 19.1 Å². The maximum atomic E-state index is 13.5. The molecule has 0 aliphatic carbocycles. The zero-order chi connectivity index (χ0) is 21.3. The molecule has 4 rings (SSSR count). The van der Waals surface area contributed by atoms with E-state index in [1.807, 2.05) is 62.3 Å². The molecule has 0 radical (unpaired) electrons. The van der Waals surface area contributed by atoms with Crippen molar-refractivity contribution in [3.8, 4) is 17.2 Å². The van der Waals surface area contributed by atoms with Gasteiger partial charge in [-0.05, 0) is 44.8 Å². The third-order valence-corrected chi connectivity index (χ3v) is 6.18. The van der Waals surface area contributed by atoms with Gasteiger partial charge in [-0.3, -0.25) is 9.69 Å². The molecule has 1 atom stereocenters. The molecule has 3 aromatic rings. The van der Waals surface area contributed by atoms with Gasteiger partial charge in [0.25, 0.3) is 5.91 Å². The molecule has 0 N–H and O–H groups in total. The minimum Gasteiger partial charge on any atom is -0.494 e. The van der Waals surface area contributed by atoms with E-state index in [9.17, 15) is 4.79 Å². The summed E-state index contributed by atoms with van der Waals surface area (Å²) in [7, 11) is 5.58. The predicted octanol–water partition coefficient (Wildman–Crippen LogP) is 3.35. The molecular weight excluding hydrogens is 402 g/mol. The van der Waals surface area contributed by atoms with Crippen molar-refractivity contribution in [3.63, 3.8) is 0 Å². The molecule has 0 saturated carbocycles. The third-order valence-electron chi connectivity index (χ3n) is 4.96. The second kappa shape index (κ2) is 8.49. The Hall–Kier alpha value is -2.84. The molecule has 7 nitrogen and oxygen atoms in total. The highest BCUT2D eigenvalue weighted by molar-refractivity contribution is 7.22. The number of carbonyl (C=O) groups excluding carboxylic acids is 1. The lowest BCUT2D eigenvalue weighted by Crippen LogP contribution is -2.48. The maximum Gasteiger partial charge on any atom is 0.273 e. The summed E-state index contributed by atoms with van der Waals surface area (Å²) in [5, 5.41) is 0.631. The summed E-state index contributed by atoms with van der Waals surface area (Å²) in [6, 6.07) is 11.3. The van der Waals surface area contributed by atoms with Crippen molar-refractivity contribution in [2.24, 2.45) is 0 Å². The number of fused-ring (bicyclic) bond motifs is 2. The Morgan fingerprint density at radius 2 is 1.97 bits per heavy atom. The Morgan fingerprint density at radius 3 is 2.70 bits per heavy atom. The van der Waals surface area contributed by atoms with Gasteiger partial charge in [0, 0.05) is 13.1 Å². The molecule has 2 heterocycles. The quantitative estimate of drug-likeness (QED) is 0.601. The van der Waals surface area contributed by atoms with Crippen molar-refractivity contribution in [1.29, 1.82) is 0 Å². The summed E-state index contributed by atoms with van der Waals surface area (Å²) in [5.41, 5.74) is 1.87. The van der Waals surface area contributed by atoms with Crippen LogP contribution >= 0.6 is 11.3 Å². The number of ether oxygens (including phenoxy) is 3. The second-order valence-corrected chi connectivity index (χ2v) is 8.39. The minimum atomic E-state index is -0.725. The smallest absolute Gasteiger partial charge is 0.273 e. The average molecular weight is 428 g/mol. The summed E-state index contributed by atoms with van der Waals surface area (Å²) in [5.74, 6) is 1.77. The molecule has 158 valence electrons. The molecule has 1 aliphatic rings. The summed E-state index contributed by atoms with van der Waals surface area (Å²) in [4.78, 5) is 22.0. The first-order chi connectivity index (χ1) is 14.5. The van der Waals surface area contributed by atoms with Gasteiger partial charge in [-0.25, -0.2) is 4.98 Å². The van der Waals surface area contributed by atoms with Crippen LogP contribution in [0.3, 0.4) is 0 Å². The Bertz CT molecular complexity index is 1070. The Kier molecular flexibility index (Phi) is 5.78. The SMILES string of the molecule is COc1ccc(C)c2sc(N(CCN(C)C)C(=O)[C@@H]3COc4ccccc4O3)nc12. The van der Waals surface area contributed by atoms with Gasteiger partial charge in [0.1, 0.15) is 17.9 Å². The number of thiazole rings is 1. The summed E-state index contributed by atoms with van der Waals surface area (Å²) in [6.07, 6.45) is -0.725. The minimum absolute atomic E-state index is 0.165. The van der Waals surface area contributed by atoms with Crippen LogP contribution in [0.2, 0.25) is 0 Å². The highest BCUT2D eigenvalue weighted by Crippen LogP contribution is 2.37. The number of rotatable bonds is 6. The number of hydrogen-bond donors (Lipinski definition) is 0. The number of aromatic nitrogens is 1. The van der Waals surface area contributed by atoms with E-state index >= 15 is 0 Å². The van der Waals surface area contributed by atoms with Gasteiger partial charge in [0.2, 0.25) is 6.10 Å². The Balaban J connectivity index is 1.67. The fourth-order valence-electron chi connectivity index (χ4n) is 3.29. The number of carbonyl (C=O) groups is 1. The molecule has 0 bridgehead atoms. The van der Waals surface area contributed by atoms with E-state index in [-0.39, 0.29) is 12.5 Å². The number of anilines is 1. The fraction of sp³-hybridized carbons (Fsp3) is 0.364. The van der Waals surface area contributed by atoms with Gasteiger partial charge in [-0.15, -0.1) is 0 Å². The molecule has 0 fully saturated rings. The topological polar surface area (TPSA) is 64.1 Å². The second-order valence-electron chi connectivity index (χ2n) is 7.42. The van der Waals surface area contributed by atoms with Crippen LogP contribution in [0, 0.1) is 6.92 Å². The molecule has 0 spiro atoms. The molecule has 0 unspecified atom stereocenters. The zero-order valence-corrected chi connectivity index (χ0v) is 18.4. The van der Waals surface area contributed by atoms with E-state index in [0.717, 1.165) is 15.8 Å². The Morgan fingerprint density at radius 1 is 1.20 bits per heavy atom. The number of nitrogens with zero attached hydrogens (tertiary/aromatic N) is 3. The first-order valence-electron chi connectivity index (χ1n) is 9.76. The number of para-hydroxylation sites is 2. The molecule has 1 aliphatic heterocycles. The highest BCUT2D eigenvalue weighted by atomic mass is 32.1. The molecule has 2 aromatic carbocycles. The predicted molar refractivity (Wildman–Crippen MR) is 118 cm³/mol. The summed E-state index contributed by atoms with van der Waals surface area (Å²) >= 11 is 1.49. The maximum absolute atomic E-state index is 13.5. The average Bonchev–Trinajstić information content (AvgIpc) is 3.19. The van der Waals surface area contributed by atoms with Crippen LogP contribution in [0.4, 0.5) is 5.13 Å². The van der Waals surface area contributed by atoms with E-state index < -0.39 is 6.10 Å². The van der Waals surface area contributed by atoms with Gasteiger partial charge in [0.15, 0.2) is 16.6 Å². The summed E-state index contributed by atoms with van der Waals surface area (Å²) in [6.45, 7) is 3.39. The van der Waals surface area contributed by atoms with E-state index in [4.69, 9.17) is 19.2 Å². The lowest BCUT2D eigenvalue weighted by molar-refractivity contribution is -0.127. The molecule has 0 saturated heterocycles. The van der Waals surface area contributed by atoms with Crippen LogP contribution in [0.1, 0.15) is 5.56 Å². The number of hydrogen-bond acceptors (Lipinski definition) is 7. The van der Waals surface area contributed by atoms with Crippen LogP contribution in [0.15, 0.2) is 36.4 Å². The fourth-order valence-corrected chi connectivity index (χ4v) is 4.38. The first kappa shape index (κ1) is 20.4. The van der Waals surface area contributed by atoms with Crippen LogP contribution in [0.5, 0.6) is 17.2 Å². The molecule has 30 heavy (non-hydrogen) atoms. The van der Waals surface area contributed by atoms with Crippen molar-refractivity contribution in [3.05, 3.63) is 42.0 Å². The third kappa shape index (κ3) is 3.93. The lowest BCUT2D eigenvalue weighted by atomic mass is 10.2. The highest BCUT2D eigenvalue weighted by Gasteiger charge is 2.33. The number of likely N-dealkylation sites (N-methyl/N-ethyl adjacent to an activating group) is 1. The monoisotopic (exact) mass is 427 g/mol. The van der Waals surface area contributed by atoms with Crippen LogP contribution < -0.4 is 19.1 Å². The lowest BCUT2D eigenvalue weighted by Gasteiger charge is -2.30. The van der Waals surface area contributed by atoms with E-state index in [1.165, 1.54) is 11.3 Å². The molecular formula is C22H25N3O4S. The van der Waals surface area contributed by atoms with E-state index in [0.29, 0.717) is 35.5 Å². The molecule has 1 aromatic heterocycles. The van der Waals surface area contributed by atoms with Crippen molar-refractivity contribution in [1.82, 2.24) is 9.88 Å². The van der Waals surface area contributed by atoms with Crippen molar-refractivity contribution in [2.45, 2.75) is 13.0 Å².